The molecule has 0 spiro atoms. The molecule has 2 atom stereocenters. The van der Waals surface area contributed by atoms with Gasteiger partial charge in [0.1, 0.15) is 25.5 Å². The summed E-state index contributed by atoms with van der Waals surface area (Å²) in [6.45, 7) is 1.11. The molecule has 0 saturated carbocycles. The molecule has 0 aliphatic rings. The van der Waals surface area contributed by atoms with Crippen LogP contribution in [0.15, 0.2) is 84.9 Å². The lowest BCUT2D eigenvalue weighted by Crippen LogP contribution is -2.42. The van der Waals surface area contributed by atoms with E-state index in [0.717, 1.165) is 5.56 Å². The van der Waals surface area contributed by atoms with E-state index >= 15 is 0 Å². The highest BCUT2D eigenvalue weighted by atomic mass is 35.5. The minimum atomic E-state index is -3.72. The van der Waals surface area contributed by atoms with Gasteiger partial charge in [-0.3, -0.25) is 19.2 Å². The molecule has 2 unspecified atom stereocenters. The molecule has 3 aromatic carbocycles. The second-order valence-corrected chi connectivity index (χ2v) is 11.2. The van der Waals surface area contributed by atoms with E-state index in [4.69, 9.17) is 21.1 Å². The smallest absolute Gasteiger partial charge is 0.407 e. The van der Waals surface area contributed by atoms with Crippen molar-refractivity contribution in [3.8, 4) is 0 Å². The molecule has 0 aliphatic carbocycles. The number of halogens is 1. The number of hydrogen-bond acceptors (Lipinski definition) is 6. The Morgan fingerprint density at radius 2 is 1.50 bits per heavy atom. The molecule has 3 rings (SSSR count). The van der Waals surface area contributed by atoms with Crippen molar-refractivity contribution in [2.45, 2.75) is 19.3 Å². The van der Waals surface area contributed by atoms with Gasteiger partial charge < -0.3 is 20.1 Å². The van der Waals surface area contributed by atoms with E-state index in [9.17, 15) is 18.9 Å². The summed E-state index contributed by atoms with van der Waals surface area (Å²) < 4.78 is 24.7. The SMILES string of the molecule is CCOC(=O)CNP(=O)(c1ccccc1)C(NC(=O)CNC(=O)OCc1ccccc1)c1ccc(Cl)cc1. The predicted octanol–water partition coefficient (Wildman–Crippen LogP) is 4.14. The van der Waals surface area contributed by atoms with Crippen LogP contribution in [0.4, 0.5) is 4.79 Å². The molecule has 0 saturated heterocycles. The third-order valence-electron chi connectivity index (χ3n) is 5.36. The average molecular weight is 558 g/mol. The third kappa shape index (κ3) is 8.45. The Morgan fingerprint density at radius 3 is 2.13 bits per heavy atom. The number of ether oxygens (including phenoxy) is 2. The number of carbonyl (C=O) groups excluding carboxylic acids is 3. The fourth-order valence-corrected chi connectivity index (χ4v) is 6.22. The molecule has 9 nitrogen and oxygen atoms in total. The van der Waals surface area contributed by atoms with Gasteiger partial charge in [-0.05, 0) is 30.2 Å². The lowest BCUT2D eigenvalue weighted by Gasteiger charge is -2.30. The second-order valence-electron chi connectivity index (χ2n) is 8.07. The van der Waals surface area contributed by atoms with Crippen molar-refractivity contribution in [1.29, 1.82) is 0 Å². The molecule has 11 heteroatoms. The molecule has 0 heterocycles. The molecule has 0 aromatic heterocycles. The molecule has 3 aromatic rings. The first-order chi connectivity index (χ1) is 18.3. The summed E-state index contributed by atoms with van der Waals surface area (Å²) in [5, 5.41) is 8.83. The summed E-state index contributed by atoms with van der Waals surface area (Å²) in [5.74, 6) is -2.30. The number of alkyl carbamates (subject to hydrolysis) is 1. The molecule has 0 bridgehead atoms. The van der Waals surface area contributed by atoms with Crippen LogP contribution in [-0.2, 0) is 30.2 Å². The van der Waals surface area contributed by atoms with E-state index in [2.05, 4.69) is 15.7 Å². The van der Waals surface area contributed by atoms with Crippen molar-refractivity contribution in [2.24, 2.45) is 0 Å². The van der Waals surface area contributed by atoms with Crippen LogP contribution in [0.3, 0.4) is 0 Å². The Hall–Kier alpha value is -3.65. The predicted molar refractivity (Wildman–Crippen MR) is 145 cm³/mol. The van der Waals surface area contributed by atoms with Crippen molar-refractivity contribution in [2.75, 3.05) is 19.7 Å². The molecule has 200 valence electrons. The van der Waals surface area contributed by atoms with E-state index in [0.29, 0.717) is 15.9 Å². The quantitative estimate of drug-likeness (QED) is 0.226. The lowest BCUT2D eigenvalue weighted by molar-refractivity contribution is -0.141. The maximum absolute atomic E-state index is 14.6. The molecule has 3 N–H and O–H groups in total. The number of benzene rings is 3. The van der Waals surface area contributed by atoms with Crippen molar-refractivity contribution in [1.82, 2.24) is 15.7 Å². The van der Waals surface area contributed by atoms with Crippen LogP contribution < -0.4 is 21.0 Å². The number of hydrogen-bond donors (Lipinski definition) is 3. The zero-order valence-electron chi connectivity index (χ0n) is 20.8. The van der Waals surface area contributed by atoms with Crippen molar-refractivity contribution in [3.63, 3.8) is 0 Å². The number of nitrogens with one attached hydrogen (secondary N) is 3. The zero-order chi connectivity index (χ0) is 27.4. The fourth-order valence-electron chi connectivity index (χ4n) is 3.53. The van der Waals surface area contributed by atoms with Crippen molar-refractivity contribution in [3.05, 3.63) is 101 Å². The molecule has 0 fully saturated rings. The number of rotatable bonds is 12. The van der Waals surface area contributed by atoms with Crippen LogP contribution in [0.2, 0.25) is 5.02 Å². The van der Waals surface area contributed by atoms with E-state index in [1.54, 1.807) is 73.7 Å². The third-order valence-corrected chi connectivity index (χ3v) is 8.46. The molecular weight excluding hydrogens is 529 g/mol. The van der Waals surface area contributed by atoms with E-state index in [1.807, 2.05) is 18.2 Å². The Bertz CT molecular complexity index is 1260. The standard InChI is InChI=1S/C27H29ClN3O6P/c1-2-36-25(33)18-30-38(35,23-11-7-4-8-12-23)26(21-13-15-22(28)16-14-21)31-24(32)17-29-27(34)37-19-20-9-5-3-6-10-20/h3-16,26H,2,17-19H2,1H3,(H,29,34)(H,30,35)(H,31,32). The molecule has 38 heavy (non-hydrogen) atoms. The Labute approximate surface area is 226 Å². The van der Waals surface area contributed by atoms with Crippen molar-refractivity contribution >= 4 is 42.2 Å². The fraction of sp³-hybridized carbons (Fsp3) is 0.222. The van der Waals surface area contributed by atoms with Crippen LogP contribution in [-0.4, -0.2) is 37.7 Å². The summed E-state index contributed by atoms with van der Waals surface area (Å²) in [4.78, 5) is 37.2. The maximum Gasteiger partial charge on any atom is 0.407 e. The van der Waals surface area contributed by atoms with Gasteiger partial charge in [0.2, 0.25) is 13.2 Å². The number of carbonyl (C=O) groups is 3. The number of amides is 2. The topological polar surface area (TPSA) is 123 Å². The minimum Gasteiger partial charge on any atom is -0.465 e. The summed E-state index contributed by atoms with van der Waals surface area (Å²) in [6, 6.07) is 24.1. The molecule has 2 amide bonds. The lowest BCUT2D eigenvalue weighted by atomic mass is 10.2. The second kappa shape index (κ2) is 14.3. The van der Waals surface area contributed by atoms with Gasteiger partial charge in [-0.2, -0.15) is 0 Å². The van der Waals surface area contributed by atoms with E-state index in [1.165, 1.54) is 0 Å². The number of esters is 1. The van der Waals surface area contributed by atoms with Gasteiger partial charge in [-0.25, -0.2) is 4.79 Å². The van der Waals surface area contributed by atoms with Gasteiger partial charge in [0.15, 0.2) is 0 Å². The first-order valence-corrected chi connectivity index (χ1v) is 14.0. The van der Waals surface area contributed by atoms with Gasteiger partial charge in [0.25, 0.3) is 0 Å². The summed E-state index contributed by atoms with van der Waals surface area (Å²) in [7, 11) is -3.72. The van der Waals surface area contributed by atoms with Crippen molar-refractivity contribution < 1.29 is 28.4 Å². The van der Waals surface area contributed by atoms with Crippen LogP contribution in [0, 0.1) is 0 Å². The normalized spacial score (nSPS) is 13.0. The highest BCUT2D eigenvalue weighted by molar-refractivity contribution is 7.70. The van der Waals surface area contributed by atoms with Gasteiger partial charge in [0, 0.05) is 10.3 Å². The van der Waals surface area contributed by atoms with Crippen LogP contribution in [0.1, 0.15) is 23.8 Å². The molecule has 0 aliphatic heterocycles. The summed E-state index contributed by atoms with van der Waals surface area (Å²) in [6.07, 6.45) is -0.779. The maximum atomic E-state index is 14.6. The largest absolute Gasteiger partial charge is 0.465 e. The monoisotopic (exact) mass is 557 g/mol. The van der Waals surface area contributed by atoms with Crippen LogP contribution >= 0.6 is 18.9 Å². The Kier molecular flexibility index (Phi) is 10.9. The minimum absolute atomic E-state index is 0.0443. The highest BCUT2D eigenvalue weighted by Crippen LogP contribution is 2.53. The average Bonchev–Trinajstić information content (AvgIpc) is 2.94. The van der Waals surface area contributed by atoms with Gasteiger partial charge >= 0.3 is 12.1 Å². The van der Waals surface area contributed by atoms with Crippen LogP contribution in [0.5, 0.6) is 0 Å². The van der Waals surface area contributed by atoms with Gasteiger partial charge in [0.05, 0.1) is 6.61 Å². The first-order valence-electron chi connectivity index (χ1n) is 11.9. The summed E-state index contributed by atoms with van der Waals surface area (Å²) in [5.41, 5.74) is 1.28. The van der Waals surface area contributed by atoms with E-state index in [-0.39, 0.29) is 19.8 Å². The zero-order valence-corrected chi connectivity index (χ0v) is 22.4. The Balaban J connectivity index is 1.79. The Morgan fingerprint density at radius 1 is 0.868 bits per heavy atom. The first kappa shape index (κ1) is 28.9. The molecular formula is C27H29ClN3O6P. The van der Waals surface area contributed by atoms with Crippen LogP contribution in [0.25, 0.3) is 0 Å². The molecule has 0 radical (unpaired) electrons. The summed E-state index contributed by atoms with van der Waals surface area (Å²) >= 11 is 6.05. The van der Waals surface area contributed by atoms with E-state index < -0.39 is 37.6 Å². The van der Waals surface area contributed by atoms with Gasteiger partial charge in [-0.1, -0.05) is 84.4 Å². The van der Waals surface area contributed by atoms with Gasteiger partial charge in [-0.15, -0.1) is 0 Å². The highest BCUT2D eigenvalue weighted by Gasteiger charge is 2.37.